The van der Waals surface area contributed by atoms with Gasteiger partial charge >= 0.3 is 0 Å². The molecule has 0 aromatic rings. The van der Waals surface area contributed by atoms with E-state index in [0.29, 0.717) is 13.0 Å². The fourth-order valence-electron chi connectivity index (χ4n) is 2.55. The van der Waals surface area contributed by atoms with Crippen LogP contribution in [-0.4, -0.2) is 36.8 Å². The number of hydrogen-bond acceptors (Lipinski definition) is 2. The van der Waals surface area contributed by atoms with Gasteiger partial charge in [-0.2, -0.15) is 0 Å². The Morgan fingerprint density at radius 3 is 2.59 bits per heavy atom. The minimum atomic E-state index is -1.41. The van der Waals surface area contributed by atoms with E-state index < -0.39 is 13.8 Å². The molecule has 4 heteroatoms. The lowest BCUT2D eigenvalue weighted by molar-refractivity contribution is -0.142. The van der Waals surface area contributed by atoms with Gasteiger partial charge in [-0.3, -0.25) is 9.69 Å². The first kappa shape index (κ1) is 12.7. The molecule has 2 saturated heterocycles. The Bertz CT molecular complexity index is 413. The van der Waals surface area contributed by atoms with E-state index >= 15 is 0 Å². The van der Waals surface area contributed by atoms with E-state index in [1.807, 2.05) is 18.7 Å². The average molecular weight is 251 g/mol. The van der Waals surface area contributed by atoms with Gasteiger partial charge in [-0.25, -0.2) is 0 Å². The Morgan fingerprint density at radius 1 is 1.35 bits per heavy atom. The molecular weight excluding hydrogens is 230 g/mol. The van der Waals surface area contributed by atoms with E-state index in [-0.39, 0.29) is 11.4 Å². The molecule has 2 aliphatic rings. The highest BCUT2D eigenvalue weighted by Crippen LogP contribution is 2.42. The zero-order chi connectivity index (χ0) is 12.9. The van der Waals surface area contributed by atoms with Gasteiger partial charge in [0.15, 0.2) is 0 Å². The topological polar surface area (TPSA) is 29.5 Å². The lowest BCUT2D eigenvalue weighted by Crippen LogP contribution is -2.50. The third-order valence-electron chi connectivity index (χ3n) is 3.30. The number of ether oxygens (including phenoxy) is 1. The summed E-state index contributed by atoms with van der Waals surface area (Å²) >= 11 is 0. The van der Waals surface area contributed by atoms with Crippen molar-refractivity contribution in [2.45, 2.75) is 57.6 Å². The van der Waals surface area contributed by atoms with Crippen LogP contribution >= 0.6 is 0 Å². The fourth-order valence-corrected chi connectivity index (χ4v) is 3.16. The summed E-state index contributed by atoms with van der Waals surface area (Å²) in [7, 11) is -1.41. The van der Waals surface area contributed by atoms with Gasteiger partial charge in [-0.05, 0) is 20.3 Å². The van der Waals surface area contributed by atoms with E-state index in [2.05, 4.69) is 31.1 Å². The largest absolute Gasteiger partial charge is 0.353 e. The van der Waals surface area contributed by atoms with Crippen LogP contribution in [0.4, 0.5) is 0 Å². The van der Waals surface area contributed by atoms with Gasteiger partial charge < -0.3 is 4.74 Å². The summed E-state index contributed by atoms with van der Waals surface area (Å²) in [5, 5.41) is 0. The second kappa shape index (κ2) is 3.60. The predicted molar refractivity (Wildman–Crippen MR) is 70.0 cm³/mol. The Balaban J connectivity index is 2.37. The molecule has 2 fully saturated rings. The predicted octanol–water partition coefficient (Wildman–Crippen LogP) is 1.99. The first-order valence-corrected chi connectivity index (χ1v) is 9.68. The molecule has 0 aliphatic carbocycles. The minimum absolute atomic E-state index is 0.178. The molecule has 0 N–H and O–H groups in total. The van der Waals surface area contributed by atoms with Crippen LogP contribution in [0.5, 0.6) is 0 Å². The molecule has 0 spiro atoms. The third-order valence-corrected chi connectivity index (χ3v) is 4.18. The molecule has 1 atom stereocenters. The van der Waals surface area contributed by atoms with E-state index in [4.69, 9.17) is 4.74 Å². The Hall–Kier alpha value is -0.793. The number of amides is 1. The van der Waals surface area contributed by atoms with E-state index in [1.54, 1.807) is 0 Å². The summed E-state index contributed by atoms with van der Waals surface area (Å²) in [6, 6.07) is 0. The average Bonchev–Trinajstić information content (AvgIpc) is 2.63. The number of carbonyl (C=O) groups excluding carboxylic acids is 1. The standard InChI is InChI=1S/C13H21NO2Si/c1-12(2)14-11(15)6-7-13(14,10-16-12)8-9-17(3,4)5/h6-7,10H2,1-5H3. The molecule has 2 aliphatic heterocycles. The van der Waals surface area contributed by atoms with Gasteiger partial charge in [0.2, 0.25) is 5.91 Å². The number of nitrogens with zero attached hydrogens (tertiary/aromatic N) is 1. The van der Waals surface area contributed by atoms with Crippen molar-refractivity contribution in [1.82, 2.24) is 4.90 Å². The summed E-state index contributed by atoms with van der Waals surface area (Å²) in [5.74, 6) is 3.55. The first-order chi connectivity index (χ1) is 7.66. The summed E-state index contributed by atoms with van der Waals surface area (Å²) in [5.41, 5.74) is 2.55. The van der Waals surface area contributed by atoms with E-state index in [0.717, 1.165) is 6.42 Å². The van der Waals surface area contributed by atoms with E-state index in [1.165, 1.54) is 0 Å². The molecular formula is C13H21NO2Si. The third kappa shape index (κ3) is 2.14. The Morgan fingerprint density at radius 2 is 2.00 bits per heavy atom. The highest BCUT2D eigenvalue weighted by molar-refractivity contribution is 6.83. The maximum Gasteiger partial charge on any atom is 0.226 e. The van der Waals surface area contributed by atoms with Gasteiger partial charge in [0.05, 0.1) is 6.61 Å². The van der Waals surface area contributed by atoms with Crippen molar-refractivity contribution in [3.8, 4) is 11.5 Å². The van der Waals surface area contributed by atoms with Crippen molar-refractivity contribution in [1.29, 1.82) is 0 Å². The van der Waals surface area contributed by atoms with Crippen LogP contribution in [-0.2, 0) is 9.53 Å². The SMILES string of the molecule is CC1(C)OCC2(C#C[Si](C)(C)C)CCC(=O)N21. The molecule has 0 aromatic carbocycles. The van der Waals surface area contributed by atoms with Crippen molar-refractivity contribution in [2.75, 3.05) is 6.61 Å². The molecule has 0 aromatic heterocycles. The number of carbonyl (C=O) groups is 1. The quantitative estimate of drug-likeness (QED) is 0.487. The molecule has 3 nitrogen and oxygen atoms in total. The summed E-state index contributed by atoms with van der Waals surface area (Å²) in [6.45, 7) is 11.1. The Kier molecular flexibility index (Phi) is 2.68. The summed E-state index contributed by atoms with van der Waals surface area (Å²) in [4.78, 5) is 13.9. The molecule has 0 saturated carbocycles. The molecule has 2 rings (SSSR count). The number of rotatable bonds is 0. The van der Waals surface area contributed by atoms with Crippen molar-refractivity contribution < 1.29 is 9.53 Å². The van der Waals surface area contributed by atoms with Crippen molar-refractivity contribution >= 4 is 14.0 Å². The van der Waals surface area contributed by atoms with Gasteiger partial charge in [0.1, 0.15) is 19.3 Å². The van der Waals surface area contributed by atoms with E-state index in [9.17, 15) is 4.79 Å². The summed E-state index contributed by atoms with van der Waals surface area (Å²) in [6.07, 6.45) is 1.42. The van der Waals surface area contributed by atoms with Crippen LogP contribution in [0.15, 0.2) is 0 Å². The second-order valence-electron chi connectivity index (χ2n) is 6.50. The maximum absolute atomic E-state index is 12.0. The maximum atomic E-state index is 12.0. The minimum Gasteiger partial charge on any atom is -0.353 e. The summed E-state index contributed by atoms with van der Waals surface area (Å²) < 4.78 is 5.76. The highest BCUT2D eigenvalue weighted by Gasteiger charge is 2.57. The zero-order valence-corrected chi connectivity index (χ0v) is 12.4. The van der Waals surface area contributed by atoms with Crippen molar-refractivity contribution in [3.05, 3.63) is 0 Å². The lowest BCUT2D eigenvalue weighted by atomic mass is 9.99. The number of hydrogen-bond donors (Lipinski definition) is 0. The van der Waals surface area contributed by atoms with Crippen LogP contribution in [0.2, 0.25) is 19.6 Å². The van der Waals surface area contributed by atoms with Gasteiger partial charge in [-0.1, -0.05) is 25.6 Å². The molecule has 0 bridgehead atoms. The molecule has 1 unspecified atom stereocenters. The molecule has 1 amide bonds. The fraction of sp³-hybridized carbons (Fsp3) is 0.769. The molecule has 94 valence electrons. The smallest absolute Gasteiger partial charge is 0.226 e. The van der Waals surface area contributed by atoms with Crippen molar-refractivity contribution in [2.24, 2.45) is 0 Å². The van der Waals surface area contributed by atoms with Gasteiger partial charge in [0.25, 0.3) is 0 Å². The number of fused-ring (bicyclic) bond motifs is 1. The lowest BCUT2D eigenvalue weighted by Gasteiger charge is -2.33. The normalized spacial score (nSPS) is 31.1. The molecule has 17 heavy (non-hydrogen) atoms. The van der Waals surface area contributed by atoms with Crippen LogP contribution in [0.1, 0.15) is 26.7 Å². The van der Waals surface area contributed by atoms with Crippen LogP contribution in [0, 0.1) is 11.5 Å². The second-order valence-corrected chi connectivity index (χ2v) is 11.2. The van der Waals surface area contributed by atoms with Crippen molar-refractivity contribution in [3.63, 3.8) is 0 Å². The highest BCUT2D eigenvalue weighted by atomic mass is 28.3. The first-order valence-electron chi connectivity index (χ1n) is 6.18. The Labute approximate surface area is 105 Å². The zero-order valence-electron chi connectivity index (χ0n) is 11.4. The van der Waals surface area contributed by atoms with Gasteiger partial charge in [-0.15, -0.1) is 5.54 Å². The van der Waals surface area contributed by atoms with Crippen LogP contribution < -0.4 is 0 Å². The van der Waals surface area contributed by atoms with Gasteiger partial charge in [0, 0.05) is 6.42 Å². The van der Waals surface area contributed by atoms with Crippen LogP contribution in [0.3, 0.4) is 0 Å². The molecule has 2 heterocycles. The monoisotopic (exact) mass is 251 g/mol. The van der Waals surface area contributed by atoms with Crippen LogP contribution in [0.25, 0.3) is 0 Å². The molecule has 0 radical (unpaired) electrons.